The Morgan fingerprint density at radius 1 is 1.39 bits per heavy atom. The van der Waals surface area contributed by atoms with Gasteiger partial charge in [-0.1, -0.05) is 24.3 Å². The zero-order valence-corrected chi connectivity index (χ0v) is 11.5. The molecule has 0 aliphatic carbocycles. The van der Waals surface area contributed by atoms with E-state index in [0.717, 1.165) is 18.0 Å². The van der Waals surface area contributed by atoms with Crippen LogP contribution in [0, 0.1) is 5.92 Å². The lowest BCUT2D eigenvalue weighted by molar-refractivity contribution is 0.185. The lowest BCUT2D eigenvalue weighted by Crippen LogP contribution is -2.32. The molecule has 0 spiro atoms. The molecule has 96 valence electrons. The fourth-order valence-corrected chi connectivity index (χ4v) is 3.36. The number of nitrogen functional groups attached to an aromatic ring is 1. The normalized spacial score (nSPS) is 18.5. The number of hydrogen-bond donors (Lipinski definition) is 1. The van der Waals surface area contributed by atoms with Gasteiger partial charge in [0.05, 0.1) is 10.2 Å². The summed E-state index contributed by atoms with van der Waals surface area (Å²) < 4.78 is 1.20. The number of piperidine rings is 1. The summed E-state index contributed by atoms with van der Waals surface area (Å²) in [4.78, 5) is 6.84. The minimum absolute atomic E-state index is 0.661. The molecule has 4 heteroatoms. The third kappa shape index (κ3) is 2.49. The highest BCUT2D eigenvalue weighted by Crippen LogP contribution is 2.26. The lowest BCUT2D eigenvalue weighted by Gasteiger charge is -2.30. The van der Waals surface area contributed by atoms with Crippen LogP contribution < -0.4 is 5.73 Å². The van der Waals surface area contributed by atoms with E-state index in [2.05, 4.69) is 35.0 Å². The smallest absolute Gasteiger partial charge is 0.181 e. The molecule has 3 nitrogen and oxygen atoms in total. The van der Waals surface area contributed by atoms with Crippen molar-refractivity contribution in [1.82, 2.24) is 9.88 Å². The van der Waals surface area contributed by atoms with Crippen LogP contribution in [0.15, 0.2) is 18.2 Å². The zero-order valence-electron chi connectivity index (χ0n) is 10.7. The van der Waals surface area contributed by atoms with Gasteiger partial charge in [-0.3, -0.25) is 4.90 Å². The monoisotopic (exact) mass is 261 g/mol. The molecular weight excluding hydrogens is 242 g/mol. The third-order valence-electron chi connectivity index (χ3n) is 3.75. The molecule has 0 unspecified atom stereocenters. The SMILES string of the molecule is CC1CCN(Cc2ccc3nc(N)sc3c2)CC1. The second kappa shape index (κ2) is 4.86. The molecule has 0 radical (unpaired) electrons. The first kappa shape index (κ1) is 11.9. The third-order valence-corrected chi connectivity index (χ3v) is 4.60. The molecule has 3 rings (SSSR count). The fraction of sp³-hybridized carbons (Fsp3) is 0.500. The zero-order chi connectivity index (χ0) is 12.5. The molecule has 2 N–H and O–H groups in total. The summed E-state index contributed by atoms with van der Waals surface area (Å²) in [6.07, 6.45) is 2.66. The Labute approximate surface area is 112 Å². The van der Waals surface area contributed by atoms with Crippen LogP contribution in [0.5, 0.6) is 0 Å². The predicted octanol–water partition coefficient (Wildman–Crippen LogP) is 3.11. The van der Waals surface area contributed by atoms with Crippen molar-refractivity contribution >= 4 is 26.7 Å². The largest absolute Gasteiger partial charge is 0.375 e. The number of thiazole rings is 1. The molecular formula is C14H19N3S. The van der Waals surface area contributed by atoms with Crippen LogP contribution in [-0.2, 0) is 6.54 Å². The van der Waals surface area contributed by atoms with E-state index < -0.39 is 0 Å². The number of aromatic nitrogens is 1. The average molecular weight is 261 g/mol. The predicted molar refractivity (Wildman–Crippen MR) is 77.7 cm³/mol. The Morgan fingerprint density at radius 3 is 2.94 bits per heavy atom. The van der Waals surface area contributed by atoms with E-state index in [9.17, 15) is 0 Å². The highest BCUT2D eigenvalue weighted by molar-refractivity contribution is 7.22. The molecule has 1 saturated heterocycles. The topological polar surface area (TPSA) is 42.2 Å². The van der Waals surface area contributed by atoms with Crippen molar-refractivity contribution in [3.8, 4) is 0 Å². The Kier molecular flexibility index (Phi) is 3.22. The molecule has 0 atom stereocenters. The molecule has 1 aliphatic rings. The van der Waals surface area contributed by atoms with Crippen molar-refractivity contribution in [3.63, 3.8) is 0 Å². The van der Waals surface area contributed by atoms with E-state index in [1.807, 2.05) is 0 Å². The first-order valence-electron chi connectivity index (χ1n) is 6.58. The van der Waals surface area contributed by atoms with Crippen molar-refractivity contribution < 1.29 is 0 Å². The van der Waals surface area contributed by atoms with Crippen LogP contribution >= 0.6 is 11.3 Å². The summed E-state index contributed by atoms with van der Waals surface area (Å²) in [7, 11) is 0. The molecule has 1 aromatic heterocycles. The lowest BCUT2D eigenvalue weighted by atomic mass is 9.99. The van der Waals surface area contributed by atoms with E-state index in [1.165, 1.54) is 36.2 Å². The van der Waals surface area contributed by atoms with Crippen molar-refractivity contribution in [2.45, 2.75) is 26.3 Å². The van der Waals surface area contributed by atoms with E-state index in [1.54, 1.807) is 11.3 Å². The molecule has 1 aromatic carbocycles. The average Bonchev–Trinajstić information content (AvgIpc) is 2.71. The quantitative estimate of drug-likeness (QED) is 0.903. The van der Waals surface area contributed by atoms with Gasteiger partial charge < -0.3 is 5.73 Å². The number of anilines is 1. The van der Waals surface area contributed by atoms with Crippen LogP contribution in [-0.4, -0.2) is 23.0 Å². The second-order valence-corrected chi connectivity index (χ2v) is 6.38. The van der Waals surface area contributed by atoms with Crippen molar-refractivity contribution in [2.24, 2.45) is 5.92 Å². The number of likely N-dealkylation sites (tertiary alicyclic amines) is 1. The number of rotatable bonds is 2. The van der Waals surface area contributed by atoms with E-state index in [-0.39, 0.29) is 0 Å². The van der Waals surface area contributed by atoms with Gasteiger partial charge in [-0.2, -0.15) is 0 Å². The standard InChI is InChI=1S/C14H19N3S/c1-10-4-6-17(7-5-10)9-11-2-3-12-13(8-11)18-14(15)16-12/h2-3,8,10H,4-7,9H2,1H3,(H2,15,16). The summed E-state index contributed by atoms with van der Waals surface area (Å²) >= 11 is 1.58. The van der Waals surface area contributed by atoms with Gasteiger partial charge >= 0.3 is 0 Å². The number of benzene rings is 1. The molecule has 1 fully saturated rings. The van der Waals surface area contributed by atoms with Crippen molar-refractivity contribution in [1.29, 1.82) is 0 Å². The second-order valence-electron chi connectivity index (χ2n) is 5.31. The van der Waals surface area contributed by atoms with Crippen molar-refractivity contribution in [2.75, 3.05) is 18.8 Å². The minimum atomic E-state index is 0.661. The Bertz CT molecular complexity index is 541. The highest BCUT2D eigenvalue weighted by atomic mass is 32.1. The van der Waals surface area contributed by atoms with Crippen LogP contribution in [0.1, 0.15) is 25.3 Å². The van der Waals surface area contributed by atoms with Crippen LogP contribution in [0.2, 0.25) is 0 Å². The van der Waals surface area contributed by atoms with Crippen LogP contribution in [0.4, 0.5) is 5.13 Å². The summed E-state index contributed by atoms with van der Waals surface area (Å²) in [6, 6.07) is 6.50. The molecule has 18 heavy (non-hydrogen) atoms. The fourth-order valence-electron chi connectivity index (χ4n) is 2.56. The van der Waals surface area contributed by atoms with Gasteiger partial charge in [-0.25, -0.2) is 4.98 Å². The van der Waals surface area contributed by atoms with Crippen LogP contribution in [0.25, 0.3) is 10.2 Å². The number of hydrogen-bond acceptors (Lipinski definition) is 4. The van der Waals surface area contributed by atoms with Crippen molar-refractivity contribution in [3.05, 3.63) is 23.8 Å². The highest BCUT2D eigenvalue weighted by Gasteiger charge is 2.15. The van der Waals surface area contributed by atoms with Gasteiger partial charge in [-0.15, -0.1) is 0 Å². The van der Waals surface area contributed by atoms with Crippen LogP contribution in [0.3, 0.4) is 0 Å². The van der Waals surface area contributed by atoms with E-state index in [4.69, 9.17) is 5.73 Å². The summed E-state index contributed by atoms with van der Waals surface area (Å²) in [5, 5.41) is 0.661. The maximum absolute atomic E-state index is 5.74. The van der Waals surface area contributed by atoms with Gasteiger partial charge in [0.15, 0.2) is 5.13 Å². The van der Waals surface area contributed by atoms with Gasteiger partial charge in [0.25, 0.3) is 0 Å². The first-order chi connectivity index (χ1) is 8.70. The van der Waals surface area contributed by atoms with E-state index >= 15 is 0 Å². The minimum Gasteiger partial charge on any atom is -0.375 e. The van der Waals surface area contributed by atoms with E-state index in [0.29, 0.717) is 5.13 Å². The molecule has 2 aromatic rings. The molecule has 0 amide bonds. The maximum Gasteiger partial charge on any atom is 0.181 e. The Hall–Kier alpha value is -1.13. The van der Waals surface area contributed by atoms with Gasteiger partial charge in [0.1, 0.15) is 0 Å². The molecule has 0 saturated carbocycles. The summed E-state index contributed by atoms with van der Waals surface area (Å²) in [5.41, 5.74) is 8.13. The van der Waals surface area contributed by atoms with Gasteiger partial charge in [0, 0.05) is 6.54 Å². The summed E-state index contributed by atoms with van der Waals surface area (Å²) in [5.74, 6) is 0.894. The Balaban J connectivity index is 1.74. The number of nitrogens with zero attached hydrogens (tertiary/aromatic N) is 2. The van der Waals surface area contributed by atoms with Gasteiger partial charge in [0.2, 0.25) is 0 Å². The maximum atomic E-state index is 5.74. The van der Waals surface area contributed by atoms with Gasteiger partial charge in [-0.05, 0) is 49.5 Å². The molecule has 1 aliphatic heterocycles. The Morgan fingerprint density at radius 2 is 2.17 bits per heavy atom. The first-order valence-corrected chi connectivity index (χ1v) is 7.39. The number of nitrogens with two attached hydrogens (primary N) is 1. The molecule has 0 bridgehead atoms. The molecule has 2 heterocycles. The number of fused-ring (bicyclic) bond motifs is 1. The summed E-state index contributed by atoms with van der Waals surface area (Å²) in [6.45, 7) is 5.86.